The molecule has 1 amide bonds. The van der Waals surface area contributed by atoms with Crippen LogP contribution in [0.2, 0.25) is 0 Å². The Morgan fingerprint density at radius 3 is 2.67 bits per heavy atom. The maximum absolute atomic E-state index is 12.1. The molecule has 0 atom stereocenters. The lowest BCUT2D eigenvalue weighted by atomic mass is 9.98. The van der Waals surface area contributed by atoms with Crippen LogP contribution < -0.4 is 5.32 Å². The number of nitrogens with one attached hydrogen (secondary N) is 1. The topological polar surface area (TPSA) is 79.5 Å². The number of alkyl halides is 2. The van der Waals surface area contributed by atoms with E-state index in [1.807, 2.05) is 0 Å². The molecule has 0 radical (unpaired) electrons. The van der Waals surface area contributed by atoms with E-state index in [0.29, 0.717) is 11.8 Å². The summed E-state index contributed by atoms with van der Waals surface area (Å²) < 4.78 is 29.3. The first kappa shape index (κ1) is 17.5. The van der Waals surface area contributed by atoms with Gasteiger partial charge < -0.3 is 14.8 Å². The molecule has 0 unspecified atom stereocenters. The van der Waals surface area contributed by atoms with Crippen molar-refractivity contribution >= 4 is 23.6 Å². The van der Waals surface area contributed by atoms with Gasteiger partial charge in [0, 0.05) is 12.0 Å². The average Bonchev–Trinajstić information content (AvgIpc) is 2.82. The lowest BCUT2D eigenvalue weighted by molar-refractivity contribution is -0.137. The normalized spacial score (nSPS) is 11.7. The number of amides is 1. The number of carboxylic acids is 1. The first-order valence-corrected chi connectivity index (χ1v) is 7.27. The molecule has 5 nitrogen and oxygen atoms in total. The summed E-state index contributed by atoms with van der Waals surface area (Å²) in [6, 6.07) is 2.87. The van der Waals surface area contributed by atoms with Crippen LogP contribution in [0.25, 0.3) is 0 Å². The van der Waals surface area contributed by atoms with Crippen LogP contribution in [0.5, 0.6) is 0 Å². The molecule has 1 aromatic rings. The summed E-state index contributed by atoms with van der Waals surface area (Å²) in [5, 5.41) is 11.3. The van der Waals surface area contributed by atoms with Gasteiger partial charge in [0.1, 0.15) is 5.76 Å². The molecule has 0 fully saturated rings. The number of hydrogen-bond donors (Lipinski definition) is 2. The van der Waals surface area contributed by atoms with Crippen molar-refractivity contribution in [2.45, 2.75) is 43.7 Å². The highest BCUT2D eigenvalue weighted by Crippen LogP contribution is 2.21. The fourth-order valence-corrected chi connectivity index (χ4v) is 2.02. The Bertz CT molecular complexity index is 502. The zero-order chi connectivity index (χ0) is 16.0. The number of halogens is 2. The molecule has 0 spiro atoms. The number of carbonyl (C=O) groups excluding carboxylic acids is 1. The summed E-state index contributed by atoms with van der Waals surface area (Å²) >= 11 is 0.410. The second-order valence-corrected chi connectivity index (χ2v) is 6.05. The van der Waals surface area contributed by atoms with Crippen LogP contribution in [0.3, 0.4) is 0 Å². The van der Waals surface area contributed by atoms with Crippen LogP contribution >= 0.6 is 11.8 Å². The average molecular weight is 321 g/mol. The number of carbonyl (C=O) groups is 2. The standard InChI is InChI=1S/C13H17F2NO4S/c1-13(2,6-5-10(17)18)16-11(19)9-4-3-8(20-9)7-21-12(14)15/h3-4,12H,5-7H2,1-2H3,(H,16,19)(H,17,18). The third kappa shape index (κ3) is 6.61. The first-order valence-electron chi connectivity index (χ1n) is 6.22. The maximum Gasteiger partial charge on any atom is 0.303 e. The molecule has 0 aromatic carbocycles. The van der Waals surface area contributed by atoms with Crippen LogP contribution in [0.15, 0.2) is 16.5 Å². The molecule has 8 heteroatoms. The zero-order valence-electron chi connectivity index (χ0n) is 11.7. The summed E-state index contributed by atoms with van der Waals surface area (Å²) in [6.07, 6.45) is 0.199. The highest BCUT2D eigenvalue weighted by Gasteiger charge is 2.23. The maximum atomic E-state index is 12.1. The second-order valence-electron chi connectivity index (χ2n) is 5.07. The van der Waals surface area contributed by atoms with Crippen molar-refractivity contribution in [3.05, 3.63) is 23.7 Å². The fraction of sp³-hybridized carbons (Fsp3) is 0.538. The molecule has 2 N–H and O–H groups in total. The smallest absolute Gasteiger partial charge is 0.303 e. The van der Waals surface area contributed by atoms with Crippen LogP contribution in [0, 0.1) is 0 Å². The van der Waals surface area contributed by atoms with Gasteiger partial charge in [-0.1, -0.05) is 11.8 Å². The zero-order valence-corrected chi connectivity index (χ0v) is 12.5. The predicted octanol–water partition coefficient (Wildman–Crippen LogP) is 3.11. The van der Waals surface area contributed by atoms with E-state index < -0.39 is 23.2 Å². The van der Waals surface area contributed by atoms with Crippen molar-refractivity contribution in [2.75, 3.05) is 0 Å². The third-order valence-electron chi connectivity index (χ3n) is 2.65. The van der Waals surface area contributed by atoms with Crippen molar-refractivity contribution in [3.8, 4) is 0 Å². The van der Waals surface area contributed by atoms with Gasteiger partial charge in [-0.3, -0.25) is 9.59 Å². The van der Waals surface area contributed by atoms with Crippen LogP contribution in [-0.4, -0.2) is 28.3 Å². The van der Waals surface area contributed by atoms with Crippen molar-refractivity contribution in [1.82, 2.24) is 5.32 Å². The molecular formula is C13H17F2NO4S. The van der Waals surface area contributed by atoms with Gasteiger partial charge in [0.15, 0.2) is 5.76 Å². The number of thioether (sulfide) groups is 1. The van der Waals surface area contributed by atoms with Crippen molar-refractivity contribution < 1.29 is 27.9 Å². The minimum Gasteiger partial charge on any atom is -0.481 e. The van der Waals surface area contributed by atoms with Gasteiger partial charge in [0.2, 0.25) is 0 Å². The summed E-state index contributed by atoms with van der Waals surface area (Å²) in [7, 11) is 0. The lowest BCUT2D eigenvalue weighted by Gasteiger charge is -2.24. The van der Waals surface area contributed by atoms with E-state index in [-0.39, 0.29) is 30.1 Å². The number of carboxylic acid groups (broad SMARTS) is 1. The Morgan fingerprint density at radius 2 is 2.10 bits per heavy atom. The van der Waals surface area contributed by atoms with E-state index in [9.17, 15) is 18.4 Å². The molecule has 1 rings (SSSR count). The third-order valence-corrected chi connectivity index (χ3v) is 3.36. The number of aliphatic carboxylic acids is 1. The van der Waals surface area contributed by atoms with Gasteiger partial charge in [0.25, 0.3) is 11.7 Å². The molecule has 0 bridgehead atoms. The molecule has 1 aromatic heterocycles. The van der Waals surface area contributed by atoms with Gasteiger partial charge in [-0.15, -0.1) is 0 Å². The Hall–Kier alpha value is -1.57. The Morgan fingerprint density at radius 1 is 1.43 bits per heavy atom. The second kappa shape index (κ2) is 7.44. The van der Waals surface area contributed by atoms with E-state index in [4.69, 9.17) is 9.52 Å². The summed E-state index contributed by atoms with van der Waals surface area (Å²) in [5.41, 5.74) is -0.708. The number of rotatable bonds is 8. The highest BCUT2D eigenvalue weighted by atomic mass is 32.2. The van der Waals surface area contributed by atoms with Crippen molar-refractivity contribution in [1.29, 1.82) is 0 Å². The quantitative estimate of drug-likeness (QED) is 0.769. The van der Waals surface area contributed by atoms with Crippen LogP contribution in [0.4, 0.5) is 8.78 Å². The molecule has 118 valence electrons. The van der Waals surface area contributed by atoms with Gasteiger partial charge in [-0.2, -0.15) is 8.78 Å². The van der Waals surface area contributed by atoms with Gasteiger partial charge in [0.05, 0.1) is 5.75 Å². The number of furan rings is 1. The Labute approximate surface area is 125 Å². The van der Waals surface area contributed by atoms with E-state index in [0.717, 1.165) is 0 Å². The molecule has 21 heavy (non-hydrogen) atoms. The molecule has 0 aliphatic rings. The summed E-state index contributed by atoms with van der Waals surface area (Å²) in [5.74, 6) is -3.66. The summed E-state index contributed by atoms with van der Waals surface area (Å²) in [6.45, 7) is 3.40. The molecule has 0 aliphatic heterocycles. The number of hydrogen-bond acceptors (Lipinski definition) is 4. The minimum atomic E-state index is -2.50. The van der Waals surface area contributed by atoms with Gasteiger partial charge in [-0.25, -0.2) is 0 Å². The highest BCUT2D eigenvalue weighted by molar-refractivity contribution is 7.98. The molecule has 0 saturated heterocycles. The van der Waals surface area contributed by atoms with Gasteiger partial charge >= 0.3 is 5.97 Å². The van der Waals surface area contributed by atoms with E-state index in [1.165, 1.54) is 12.1 Å². The van der Waals surface area contributed by atoms with E-state index >= 15 is 0 Å². The lowest BCUT2D eigenvalue weighted by Crippen LogP contribution is -2.43. The van der Waals surface area contributed by atoms with Crippen molar-refractivity contribution in [3.63, 3.8) is 0 Å². The van der Waals surface area contributed by atoms with Crippen LogP contribution in [-0.2, 0) is 10.5 Å². The van der Waals surface area contributed by atoms with Gasteiger partial charge in [-0.05, 0) is 32.4 Å². The van der Waals surface area contributed by atoms with Crippen molar-refractivity contribution in [2.24, 2.45) is 0 Å². The summed E-state index contributed by atoms with van der Waals surface area (Å²) in [4.78, 5) is 22.5. The molecular weight excluding hydrogens is 304 g/mol. The van der Waals surface area contributed by atoms with E-state index in [2.05, 4.69) is 5.32 Å². The first-order chi connectivity index (χ1) is 9.69. The fourth-order valence-electron chi connectivity index (χ4n) is 1.57. The SMILES string of the molecule is CC(C)(CCC(=O)O)NC(=O)c1ccc(CSC(F)F)o1. The molecule has 0 aliphatic carbocycles. The molecule has 0 saturated carbocycles. The monoisotopic (exact) mass is 321 g/mol. The van der Waals surface area contributed by atoms with E-state index in [1.54, 1.807) is 13.8 Å². The Balaban J connectivity index is 2.57. The molecule has 1 heterocycles. The predicted molar refractivity (Wildman–Crippen MR) is 74.4 cm³/mol. The largest absolute Gasteiger partial charge is 0.481 e. The van der Waals surface area contributed by atoms with Crippen LogP contribution in [0.1, 0.15) is 43.0 Å². The Kier molecular flexibility index (Phi) is 6.19. The minimum absolute atomic E-state index is 0.0169.